The molecule has 0 aliphatic heterocycles. The molecule has 5 heteroatoms. The first-order valence-electron chi connectivity index (χ1n) is 8.73. The third kappa shape index (κ3) is 4.18. The van der Waals surface area contributed by atoms with Crippen LogP contribution >= 0.6 is 0 Å². The molecule has 0 aliphatic carbocycles. The van der Waals surface area contributed by atoms with E-state index in [4.69, 9.17) is 4.74 Å². The Morgan fingerprint density at radius 1 is 1.22 bits per heavy atom. The lowest BCUT2D eigenvalue weighted by molar-refractivity contribution is -0.116. The van der Waals surface area contributed by atoms with E-state index >= 15 is 0 Å². The van der Waals surface area contributed by atoms with Crippen molar-refractivity contribution in [3.63, 3.8) is 0 Å². The lowest BCUT2D eigenvalue weighted by Crippen LogP contribution is -2.19. The highest BCUT2D eigenvalue weighted by atomic mass is 16.5. The zero-order chi connectivity index (χ0) is 19.2. The third-order valence-corrected chi connectivity index (χ3v) is 4.33. The minimum absolute atomic E-state index is 0.0799. The zero-order valence-electron chi connectivity index (χ0n) is 15.4. The van der Waals surface area contributed by atoms with Gasteiger partial charge in [-0.25, -0.2) is 0 Å². The van der Waals surface area contributed by atoms with Gasteiger partial charge in [0, 0.05) is 29.7 Å². The predicted molar refractivity (Wildman–Crippen MR) is 106 cm³/mol. The highest BCUT2D eigenvalue weighted by molar-refractivity contribution is 6.03. The molecule has 0 unspecified atom stereocenters. The summed E-state index contributed by atoms with van der Waals surface area (Å²) in [6.45, 7) is 3.22. The summed E-state index contributed by atoms with van der Waals surface area (Å²) in [5, 5.41) is 12.7. The number of nitrogens with zero attached hydrogens (tertiary/aromatic N) is 2. The van der Waals surface area contributed by atoms with Crippen molar-refractivity contribution >= 4 is 22.9 Å². The Morgan fingerprint density at radius 3 is 2.67 bits per heavy atom. The van der Waals surface area contributed by atoms with Gasteiger partial charge in [-0.2, -0.15) is 5.26 Å². The summed E-state index contributed by atoms with van der Waals surface area (Å²) >= 11 is 0. The maximum Gasteiger partial charge on any atom is 0.261 e. The lowest BCUT2D eigenvalue weighted by Gasteiger charge is -2.08. The maximum atomic E-state index is 11.8. The minimum atomic E-state index is -0.392. The summed E-state index contributed by atoms with van der Waals surface area (Å²) in [7, 11) is 1.51. The zero-order valence-corrected chi connectivity index (χ0v) is 15.4. The number of amides is 1. The number of aromatic nitrogens is 1. The molecular weight excluding hydrogens is 338 g/mol. The van der Waals surface area contributed by atoms with Gasteiger partial charge in [0.1, 0.15) is 24.0 Å². The van der Waals surface area contributed by atoms with Crippen molar-refractivity contribution in [2.45, 2.75) is 13.5 Å². The second kappa shape index (κ2) is 8.24. The Labute approximate surface area is 158 Å². The molecule has 0 fully saturated rings. The van der Waals surface area contributed by atoms with Crippen molar-refractivity contribution in [1.82, 2.24) is 9.88 Å². The van der Waals surface area contributed by atoms with E-state index in [1.165, 1.54) is 12.6 Å². The molecular formula is C22H21N3O2. The summed E-state index contributed by atoms with van der Waals surface area (Å²) in [4.78, 5) is 11.8. The Hall–Kier alpha value is -3.52. The van der Waals surface area contributed by atoms with Crippen molar-refractivity contribution in [2.75, 3.05) is 13.7 Å². The average Bonchev–Trinajstić information content (AvgIpc) is 3.05. The van der Waals surface area contributed by atoms with Crippen LogP contribution in [0.25, 0.3) is 17.0 Å². The molecule has 1 aromatic heterocycles. The van der Waals surface area contributed by atoms with E-state index in [-0.39, 0.29) is 5.57 Å². The Kier molecular flexibility index (Phi) is 5.58. The number of likely N-dealkylation sites (N-methyl/N-ethyl adjacent to an activating group) is 1. The number of hydrogen-bond acceptors (Lipinski definition) is 3. The molecule has 1 amide bonds. The maximum absolute atomic E-state index is 11.8. The molecule has 0 radical (unpaired) electrons. The van der Waals surface area contributed by atoms with Gasteiger partial charge in [0.05, 0.1) is 6.54 Å². The predicted octanol–water partition coefficient (Wildman–Crippen LogP) is 3.68. The molecule has 0 saturated heterocycles. The van der Waals surface area contributed by atoms with Gasteiger partial charge in [-0.05, 0) is 31.2 Å². The molecule has 3 rings (SSSR count). The second-order valence-corrected chi connectivity index (χ2v) is 6.21. The van der Waals surface area contributed by atoms with E-state index in [9.17, 15) is 10.1 Å². The fourth-order valence-electron chi connectivity index (χ4n) is 2.91. The molecule has 27 heavy (non-hydrogen) atoms. The summed E-state index contributed by atoms with van der Waals surface area (Å²) in [5.41, 5.74) is 3.14. The van der Waals surface area contributed by atoms with Gasteiger partial charge in [0.25, 0.3) is 5.91 Å². The number of benzene rings is 2. The van der Waals surface area contributed by atoms with E-state index in [0.717, 1.165) is 22.2 Å². The summed E-state index contributed by atoms with van der Waals surface area (Å²) in [5.74, 6) is 0.445. The van der Waals surface area contributed by atoms with Crippen molar-refractivity contribution in [3.8, 4) is 11.8 Å². The van der Waals surface area contributed by atoms with E-state index in [0.29, 0.717) is 13.2 Å². The fraction of sp³-hybridized carbons (Fsp3) is 0.182. The number of ether oxygens (including phenoxy) is 1. The molecule has 1 heterocycles. The Balaban J connectivity index is 1.84. The molecule has 0 saturated carbocycles. The first kappa shape index (κ1) is 18.3. The number of nitriles is 1. The van der Waals surface area contributed by atoms with E-state index < -0.39 is 5.91 Å². The SMILES string of the molecule is CNC(=O)/C(C#N)=C/c1cn(CCOc2ccc(C)cc2)c2ccccc12. The number of nitrogens with one attached hydrogen (secondary N) is 1. The topological polar surface area (TPSA) is 67.0 Å². The Bertz CT molecular complexity index is 1020. The number of carbonyl (C=O) groups is 1. The van der Waals surface area contributed by atoms with Gasteiger partial charge in [-0.3, -0.25) is 4.79 Å². The largest absolute Gasteiger partial charge is 0.492 e. The van der Waals surface area contributed by atoms with Gasteiger partial charge in [0.15, 0.2) is 0 Å². The highest BCUT2D eigenvalue weighted by Gasteiger charge is 2.11. The van der Waals surface area contributed by atoms with Gasteiger partial charge in [0.2, 0.25) is 0 Å². The van der Waals surface area contributed by atoms with E-state index in [1.54, 1.807) is 6.08 Å². The second-order valence-electron chi connectivity index (χ2n) is 6.21. The summed E-state index contributed by atoms with van der Waals surface area (Å²) in [6, 6.07) is 17.8. The minimum Gasteiger partial charge on any atom is -0.492 e. The third-order valence-electron chi connectivity index (χ3n) is 4.33. The normalized spacial score (nSPS) is 11.2. The smallest absolute Gasteiger partial charge is 0.261 e. The molecule has 2 aromatic carbocycles. The van der Waals surface area contributed by atoms with Crippen molar-refractivity contribution in [1.29, 1.82) is 5.26 Å². The summed E-state index contributed by atoms with van der Waals surface area (Å²) in [6.07, 6.45) is 3.57. The summed E-state index contributed by atoms with van der Waals surface area (Å²) < 4.78 is 7.91. The van der Waals surface area contributed by atoms with Crippen LogP contribution in [-0.4, -0.2) is 24.1 Å². The van der Waals surface area contributed by atoms with Crippen LogP contribution in [0.5, 0.6) is 5.75 Å². The quantitative estimate of drug-likeness (QED) is 0.539. The van der Waals surface area contributed by atoms with Gasteiger partial charge in [-0.15, -0.1) is 0 Å². The van der Waals surface area contributed by atoms with E-state index in [2.05, 4.69) is 9.88 Å². The van der Waals surface area contributed by atoms with Crippen LogP contribution in [0.4, 0.5) is 0 Å². The molecule has 1 N–H and O–H groups in total. The van der Waals surface area contributed by atoms with Crippen LogP contribution in [-0.2, 0) is 11.3 Å². The van der Waals surface area contributed by atoms with E-state index in [1.807, 2.05) is 67.7 Å². The lowest BCUT2D eigenvalue weighted by atomic mass is 10.1. The van der Waals surface area contributed by atoms with Crippen LogP contribution in [0, 0.1) is 18.3 Å². The molecule has 3 aromatic rings. The number of para-hydroxylation sites is 1. The number of carbonyl (C=O) groups excluding carboxylic acids is 1. The molecule has 0 bridgehead atoms. The standard InChI is InChI=1S/C22H21N3O2/c1-16-7-9-19(10-8-16)27-12-11-25-15-18(13-17(14-23)22(26)24-2)20-5-3-4-6-21(20)25/h3-10,13,15H,11-12H2,1-2H3,(H,24,26)/b17-13+. The van der Waals surface area contributed by atoms with Crippen molar-refractivity contribution < 1.29 is 9.53 Å². The number of fused-ring (bicyclic) bond motifs is 1. The van der Waals surface area contributed by atoms with Crippen LogP contribution in [0.3, 0.4) is 0 Å². The van der Waals surface area contributed by atoms with Crippen LogP contribution in [0.2, 0.25) is 0 Å². The Morgan fingerprint density at radius 2 is 1.96 bits per heavy atom. The molecule has 0 atom stereocenters. The average molecular weight is 359 g/mol. The van der Waals surface area contributed by atoms with Crippen LogP contribution in [0.15, 0.2) is 60.3 Å². The van der Waals surface area contributed by atoms with Crippen molar-refractivity contribution in [2.24, 2.45) is 0 Å². The molecule has 5 nitrogen and oxygen atoms in total. The molecule has 0 spiro atoms. The molecule has 0 aliphatic rings. The van der Waals surface area contributed by atoms with Gasteiger partial charge in [-0.1, -0.05) is 35.9 Å². The number of aryl methyl sites for hydroxylation is 1. The van der Waals surface area contributed by atoms with Crippen LogP contribution < -0.4 is 10.1 Å². The number of rotatable bonds is 6. The van der Waals surface area contributed by atoms with Gasteiger partial charge >= 0.3 is 0 Å². The molecule has 136 valence electrons. The van der Waals surface area contributed by atoms with Crippen molar-refractivity contribution in [3.05, 3.63) is 71.4 Å². The van der Waals surface area contributed by atoms with Gasteiger partial charge < -0.3 is 14.6 Å². The number of hydrogen-bond donors (Lipinski definition) is 1. The first-order chi connectivity index (χ1) is 13.1. The fourth-order valence-corrected chi connectivity index (χ4v) is 2.91. The monoisotopic (exact) mass is 359 g/mol. The van der Waals surface area contributed by atoms with Crippen LogP contribution in [0.1, 0.15) is 11.1 Å². The highest BCUT2D eigenvalue weighted by Crippen LogP contribution is 2.24. The first-order valence-corrected chi connectivity index (χ1v) is 8.73.